The Hall–Kier alpha value is -3.95. The number of carbonyl (C=O) groups excluding carboxylic acids is 2. The van der Waals surface area contributed by atoms with E-state index in [0.29, 0.717) is 24.6 Å². The molecule has 0 fully saturated rings. The number of benzene rings is 1. The first kappa shape index (κ1) is 22.7. The van der Waals surface area contributed by atoms with Crippen LogP contribution in [0.25, 0.3) is 0 Å². The van der Waals surface area contributed by atoms with Gasteiger partial charge >= 0.3 is 0 Å². The van der Waals surface area contributed by atoms with Gasteiger partial charge in [0.05, 0.1) is 37.7 Å². The molecule has 0 aliphatic carbocycles. The number of hydrogen-bond acceptors (Lipinski definition) is 6. The van der Waals surface area contributed by atoms with Crippen LogP contribution in [0.2, 0.25) is 0 Å². The molecule has 0 saturated carbocycles. The van der Waals surface area contributed by atoms with Gasteiger partial charge in [-0.2, -0.15) is 5.10 Å². The number of pyridine rings is 1. The Kier molecular flexibility index (Phi) is 8.13. The Labute approximate surface area is 184 Å². The first-order valence-electron chi connectivity index (χ1n) is 9.97. The molecule has 0 saturated heterocycles. The highest BCUT2D eigenvalue weighted by Gasteiger charge is 2.12. The van der Waals surface area contributed by atoms with Gasteiger partial charge in [0.25, 0.3) is 0 Å². The number of halogens is 1. The number of aromatic nitrogens is 3. The Morgan fingerprint density at radius 2 is 1.97 bits per heavy atom. The summed E-state index contributed by atoms with van der Waals surface area (Å²) in [6.07, 6.45) is 6.32. The average Bonchev–Trinajstić information content (AvgIpc) is 3.22. The molecule has 9 nitrogen and oxygen atoms in total. The lowest BCUT2D eigenvalue weighted by Gasteiger charge is -2.17. The highest BCUT2D eigenvalue weighted by atomic mass is 19.1. The molecule has 0 aliphatic rings. The van der Waals surface area contributed by atoms with Gasteiger partial charge in [-0.25, -0.2) is 4.39 Å². The van der Waals surface area contributed by atoms with Crippen molar-refractivity contribution < 1.29 is 23.5 Å². The number of nitrogens with one attached hydrogen (secondary N) is 1. The molecule has 0 aliphatic heterocycles. The number of anilines is 1. The van der Waals surface area contributed by atoms with E-state index in [1.54, 1.807) is 49.9 Å². The van der Waals surface area contributed by atoms with E-state index in [1.165, 1.54) is 27.9 Å². The zero-order valence-electron chi connectivity index (χ0n) is 17.6. The van der Waals surface area contributed by atoms with Gasteiger partial charge in [0.15, 0.2) is 11.6 Å². The number of nitrogens with zero attached hydrogens (tertiary/aromatic N) is 4. The summed E-state index contributed by atoms with van der Waals surface area (Å²) in [6, 6.07) is 9.56. The largest absolute Gasteiger partial charge is 0.490 e. The highest BCUT2D eigenvalue weighted by molar-refractivity contribution is 5.90. The Bertz CT molecular complexity index is 1030. The SMILES string of the molecule is CN(CCOc1cccnc1)C(=O)Cn1cc(NC(=O)CCOc2ccccc2F)cn1. The second-order valence-electron chi connectivity index (χ2n) is 6.86. The zero-order valence-corrected chi connectivity index (χ0v) is 17.6. The van der Waals surface area contributed by atoms with E-state index in [-0.39, 0.29) is 37.1 Å². The molecule has 1 aromatic carbocycles. The molecule has 2 aromatic heterocycles. The predicted octanol–water partition coefficient (Wildman–Crippen LogP) is 2.36. The number of hydrogen-bond donors (Lipinski definition) is 1. The van der Waals surface area contributed by atoms with Crippen LogP contribution in [0.5, 0.6) is 11.5 Å². The van der Waals surface area contributed by atoms with E-state index >= 15 is 0 Å². The minimum atomic E-state index is -0.479. The minimum absolute atomic E-state index is 0.0235. The van der Waals surface area contributed by atoms with Gasteiger partial charge in [-0.05, 0) is 24.3 Å². The van der Waals surface area contributed by atoms with Crippen LogP contribution < -0.4 is 14.8 Å². The first-order chi connectivity index (χ1) is 15.5. The molecule has 32 heavy (non-hydrogen) atoms. The van der Waals surface area contributed by atoms with Crippen LogP contribution in [0, 0.1) is 5.82 Å². The van der Waals surface area contributed by atoms with Gasteiger partial charge in [-0.1, -0.05) is 12.1 Å². The van der Waals surface area contributed by atoms with Crippen molar-refractivity contribution in [3.05, 3.63) is 67.0 Å². The fourth-order valence-corrected chi connectivity index (χ4v) is 2.67. The lowest BCUT2D eigenvalue weighted by atomic mass is 10.3. The Morgan fingerprint density at radius 3 is 2.75 bits per heavy atom. The fraction of sp³-hybridized carbons (Fsp3) is 0.273. The summed E-state index contributed by atoms with van der Waals surface area (Å²) in [5, 5.41) is 6.76. The van der Waals surface area contributed by atoms with E-state index in [4.69, 9.17) is 9.47 Å². The first-order valence-corrected chi connectivity index (χ1v) is 9.97. The second kappa shape index (κ2) is 11.4. The van der Waals surface area contributed by atoms with Crippen molar-refractivity contribution in [2.75, 3.05) is 32.1 Å². The quantitative estimate of drug-likeness (QED) is 0.491. The maximum Gasteiger partial charge on any atom is 0.244 e. The standard InChI is InChI=1S/C22H24FN5O4/c1-27(10-12-31-18-5-4-9-24-14-18)22(30)16-28-15-17(13-25-28)26-21(29)8-11-32-20-7-3-2-6-19(20)23/h2-7,9,13-15H,8,10-12,16H2,1H3,(H,26,29). The molecule has 0 radical (unpaired) electrons. The van der Waals surface area contributed by atoms with Crippen LogP contribution in [0.1, 0.15) is 6.42 Å². The van der Waals surface area contributed by atoms with Crippen LogP contribution in [0.15, 0.2) is 61.2 Å². The molecule has 3 rings (SSSR count). The van der Waals surface area contributed by atoms with Gasteiger partial charge in [0.1, 0.15) is 18.9 Å². The summed E-state index contributed by atoms with van der Waals surface area (Å²) in [6.45, 7) is 0.796. The number of carbonyl (C=O) groups is 2. The van der Waals surface area contributed by atoms with E-state index in [2.05, 4.69) is 15.4 Å². The summed E-state index contributed by atoms with van der Waals surface area (Å²) < 4.78 is 25.7. The summed E-state index contributed by atoms with van der Waals surface area (Å²) in [7, 11) is 1.68. The van der Waals surface area contributed by atoms with Crippen LogP contribution in [0.3, 0.4) is 0 Å². The Morgan fingerprint density at radius 1 is 1.12 bits per heavy atom. The molecule has 10 heteroatoms. The highest BCUT2D eigenvalue weighted by Crippen LogP contribution is 2.15. The molecule has 3 aromatic rings. The van der Waals surface area contributed by atoms with Gasteiger partial charge < -0.3 is 19.7 Å². The van der Waals surface area contributed by atoms with Crippen molar-refractivity contribution in [3.8, 4) is 11.5 Å². The van der Waals surface area contributed by atoms with Crippen LogP contribution >= 0.6 is 0 Å². The Balaban J connectivity index is 1.37. The monoisotopic (exact) mass is 441 g/mol. The number of amides is 2. The van der Waals surface area contributed by atoms with E-state index in [1.807, 2.05) is 0 Å². The van der Waals surface area contributed by atoms with Crippen molar-refractivity contribution >= 4 is 17.5 Å². The maximum absolute atomic E-state index is 13.5. The van der Waals surface area contributed by atoms with Crippen LogP contribution in [-0.2, 0) is 16.1 Å². The molecular weight excluding hydrogens is 417 g/mol. The van der Waals surface area contributed by atoms with E-state index in [0.717, 1.165) is 0 Å². The lowest BCUT2D eigenvalue weighted by Crippen LogP contribution is -2.33. The van der Waals surface area contributed by atoms with Crippen LogP contribution in [-0.4, -0.2) is 58.3 Å². The molecule has 0 bridgehead atoms. The van der Waals surface area contributed by atoms with Crippen molar-refractivity contribution in [2.45, 2.75) is 13.0 Å². The van der Waals surface area contributed by atoms with Crippen molar-refractivity contribution in [1.82, 2.24) is 19.7 Å². The average molecular weight is 441 g/mol. The van der Waals surface area contributed by atoms with Gasteiger partial charge in [-0.15, -0.1) is 0 Å². The molecule has 0 spiro atoms. The third-order valence-corrected chi connectivity index (χ3v) is 4.39. The maximum atomic E-state index is 13.5. The van der Waals surface area contributed by atoms with Crippen molar-refractivity contribution in [2.24, 2.45) is 0 Å². The topological polar surface area (TPSA) is 98.6 Å². The van der Waals surface area contributed by atoms with E-state index in [9.17, 15) is 14.0 Å². The zero-order chi connectivity index (χ0) is 22.8. The van der Waals surface area contributed by atoms with Crippen molar-refractivity contribution in [3.63, 3.8) is 0 Å². The molecular formula is C22H24FN5O4. The molecule has 2 heterocycles. The predicted molar refractivity (Wildman–Crippen MR) is 115 cm³/mol. The van der Waals surface area contributed by atoms with Gasteiger partial charge in [0.2, 0.25) is 11.8 Å². The van der Waals surface area contributed by atoms with Gasteiger partial charge in [-0.3, -0.25) is 19.3 Å². The molecule has 1 N–H and O–H groups in total. The molecule has 2 amide bonds. The van der Waals surface area contributed by atoms with Crippen LogP contribution in [0.4, 0.5) is 10.1 Å². The number of para-hydroxylation sites is 1. The summed E-state index contributed by atoms with van der Waals surface area (Å²) in [5.41, 5.74) is 0.455. The molecule has 168 valence electrons. The second-order valence-corrected chi connectivity index (χ2v) is 6.86. The fourth-order valence-electron chi connectivity index (χ4n) is 2.67. The summed E-state index contributed by atoms with van der Waals surface area (Å²) in [5.74, 6) is -0.204. The summed E-state index contributed by atoms with van der Waals surface area (Å²) in [4.78, 5) is 29.9. The lowest BCUT2D eigenvalue weighted by molar-refractivity contribution is -0.131. The van der Waals surface area contributed by atoms with E-state index < -0.39 is 5.82 Å². The number of ether oxygens (including phenoxy) is 2. The number of rotatable bonds is 11. The minimum Gasteiger partial charge on any atom is -0.490 e. The normalized spacial score (nSPS) is 10.4. The summed E-state index contributed by atoms with van der Waals surface area (Å²) >= 11 is 0. The third-order valence-electron chi connectivity index (χ3n) is 4.39. The van der Waals surface area contributed by atoms with Gasteiger partial charge in [0, 0.05) is 19.4 Å². The smallest absolute Gasteiger partial charge is 0.244 e. The van der Waals surface area contributed by atoms with Crippen molar-refractivity contribution in [1.29, 1.82) is 0 Å². The molecule has 0 unspecified atom stereocenters. The third kappa shape index (κ3) is 7.08. The molecule has 0 atom stereocenters. The number of likely N-dealkylation sites (N-methyl/N-ethyl adjacent to an activating group) is 1.